The number of aromatic nitrogens is 2. The van der Waals surface area contributed by atoms with Gasteiger partial charge in [0.25, 0.3) is 0 Å². The molecule has 106 valence electrons. The molecule has 0 aliphatic carbocycles. The second-order valence-corrected chi connectivity index (χ2v) is 4.67. The first-order valence-corrected chi connectivity index (χ1v) is 6.84. The van der Waals surface area contributed by atoms with E-state index in [0.717, 1.165) is 35.9 Å². The SMILES string of the molecule is CCc1nn(C)c(CC)c1-c1ccc(OC)c(C=O)c1. The molecule has 0 fully saturated rings. The van der Waals surface area contributed by atoms with Gasteiger partial charge in [-0.1, -0.05) is 19.9 Å². The third-order valence-electron chi connectivity index (χ3n) is 3.55. The molecule has 20 heavy (non-hydrogen) atoms. The van der Waals surface area contributed by atoms with Gasteiger partial charge < -0.3 is 4.74 Å². The van der Waals surface area contributed by atoms with E-state index in [2.05, 4.69) is 18.9 Å². The van der Waals surface area contributed by atoms with Crippen LogP contribution < -0.4 is 4.74 Å². The summed E-state index contributed by atoms with van der Waals surface area (Å²) in [6, 6.07) is 5.70. The van der Waals surface area contributed by atoms with Crippen molar-refractivity contribution >= 4 is 6.29 Å². The van der Waals surface area contributed by atoms with Gasteiger partial charge in [-0.25, -0.2) is 0 Å². The molecule has 0 aliphatic rings. The maximum atomic E-state index is 11.2. The van der Waals surface area contributed by atoms with Crippen molar-refractivity contribution in [3.05, 3.63) is 35.2 Å². The van der Waals surface area contributed by atoms with Crippen LogP contribution in [0.3, 0.4) is 0 Å². The van der Waals surface area contributed by atoms with Crippen molar-refractivity contribution in [2.24, 2.45) is 7.05 Å². The van der Waals surface area contributed by atoms with Gasteiger partial charge in [0.05, 0.1) is 18.4 Å². The van der Waals surface area contributed by atoms with Crippen molar-refractivity contribution in [2.45, 2.75) is 26.7 Å². The molecule has 2 aromatic rings. The molecule has 0 aliphatic heterocycles. The number of carbonyl (C=O) groups excluding carboxylic acids is 1. The van der Waals surface area contributed by atoms with E-state index >= 15 is 0 Å². The standard InChI is InChI=1S/C16H20N2O2/c1-5-13-16(14(6-2)18(3)17-13)11-7-8-15(20-4)12(9-11)10-19/h7-10H,5-6H2,1-4H3. The van der Waals surface area contributed by atoms with Crippen LogP contribution in [0.5, 0.6) is 5.75 Å². The Kier molecular flexibility index (Phi) is 4.23. The van der Waals surface area contributed by atoms with Gasteiger partial charge in [0, 0.05) is 18.3 Å². The lowest BCUT2D eigenvalue weighted by molar-refractivity contribution is 0.112. The average molecular weight is 272 g/mol. The van der Waals surface area contributed by atoms with Crippen molar-refractivity contribution in [3.8, 4) is 16.9 Å². The highest BCUT2D eigenvalue weighted by Gasteiger charge is 2.16. The fourth-order valence-electron chi connectivity index (χ4n) is 2.59. The third kappa shape index (κ3) is 2.33. The van der Waals surface area contributed by atoms with E-state index in [-0.39, 0.29) is 0 Å². The van der Waals surface area contributed by atoms with Crippen LogP contribution in [0.2, 0.25) is 0 Å². The number of nitrogens with zero attached hydrogens (tertiary/aromatic N) is 2. The molecule has 0 spiro atoms. The first-order valence-electron chi connectivity index (χ1n) is 6.84. The minimum absolute atomic E-state index is 0.568. The van der Waals surface area contributed by atoms with Gasteiger partial charge in [-0.05, 0) is 30.5 Å². The van der Waals surface area contributed by atoms with Crippen LogP contribution in [0.15, 0.2) is 18.2 Å². The third-order valence-corrected chi connectivity index (χ3v) is 3.55. The predicted octanol–water partition coefficient (Wildman–Crippen LogP) is 3.03. The number of hydrogen-bond donors (Lipinski definition) is 0. The molecule has 2 rings (SSSR count). The molecule has 1 aromatic carbocycles. The van der Waals surface area contributed by atoms with Crippen molar-refractivity contribution < 1.29 is 9.53 Å². The van der Waals surface area contributed by atoms with Crippen LogP contribution in [0.1, 0.15) is 35.6 Å². The molecule has 4 nitrogen and oxygen atoms in total. The second kappa shape index (κ2) is 5.90. The Morgan fingerprint density at radius 1 is 1.30 bits per heavy atom. The Morgan fingerprint density at radius 2 is 2.05 bits per heavy atom. The van der Waals surface area contributed by atoms with E-state index in [1.54, 1.807) is 7.11 Å². The summed E-state index contributed by atoms with van der Waals surface area (Å²) >= 11 is 0. The van der Waals surface area contributed by atoms with Crippen molar-refractivity contribution in [2.75, 3.05) is 7.11 Å². The van der Waals surface area contributed by atoms with Crippen LogP contribution in [0, 0.1) is 0 Å². The molecule has 0 radical (unpaired) electrons. The van der Waals surface area contributed by atoms with Gasteiger partial charge in [-0.2, -0.15) is 5.10 Å². The summed E-state index contributed by atoms with van der Waals surface area (Å²) < 4.78 is 7.12. The number of methoxy groups -OCH3 is 1. The summed E-state index contributed by atoms with van der Waals surface area (Å²) in [6.07, 6.45) is 2.60. The van der Waals surface area contributed by atoms with Gasteiger partial charge in [0.2, 0.25) is 0 Å². The quantitative estimate of drug-likeness (QED) is 0.786. The number of aldehydes is 1. The molecule has 0 amide bonds. The molecule has 0 atom stereocenters. The molecule has 0 unspecified atom stereocenters. The highest BCUT2D eigenvalue weighted by Crippen LogP contribution is 2.31. The molecule has 1 aromatic heterocycles. The summed E-state index contributed by atoms with van der Waals surface area (Å²) in [7, 11) is 3.53. The van der Waals surface area contributed by atoms with E-state index in [1.165, 1.54) is 5.69 Å². The zero-order chi connectivity index (χ0) is 14.7. The Labute approximate surface area is 119 Å². The first kappa shape index (κ1) is 14.3. The second-order valence-electron chi connectivity index (χ2n) is 4.67. The van der Waals surface area contributed by atoms with E-state index in [0.29, 0.717) is 11.3 Å². The number of rotatable bonds is 5. The average Bonchev–Trinajstić information content (AvgIpc) is 2.82. The number of benzene rings is 1. The fraction of sp³-hybridized carbons (Fsp3) is 0.375. The Hall–Kier alpha value is -2.10. The molecular formula is C16H20N2O2. The molecule has 4 heteroatoms. The van der Waals surface area contributed by atoms with Crippen molar-refractivity contribution in [1.29, 1.82) is 0 Å². The van der Waals surface area contributed by atoms with Gasteiger partial charge in [0.1, 0.15) is 5.75 Å². The smallest absolute Gasteiger partial charge is 0.153 e. The Morgan fingerprint density at radius 3 is 2.60 bits per heavy atom. The highest BCUT2D eigenvalue weighted by molar-refractivity contribution is 5.83. The van der Waals surface area contributed by atoms with E-state index in [1.807, 2.05) is 29.9 Å². The summed E-state index contributed by atoms with van der Waals surface area (Å²) in [6.45, 7) is 4.21. The number of aryl methyl sites for hydroxylation is 2. The van der Waals surface area contributed by atoms with E-state index < -0.39 is 0 Å². The molecular weight excluding hydrogens is 252 g/mol. The molecule has 1 heterocycles. The lowest BCUT2D eigenvalue weighted by atomic mass is 9.98. The zero-order valence-electron chi connectivity index (χ0n) is 12.4. The lowest BCUT2D eigenvalue weighted by Crippen LogP contribution is -1.97. The van der Waals surface area contributed by atoms with Crippen molar-refractivity contribution in [3.63, 3.8) is 0 Å². The summed E-state index contributed by atoms with van der Waals surface area (Å²) in [5.74, 6) is 0.601. The Bertz CT molecular complexity index is 630. The number of hydrogen-bond acceptors (Lipinski definition) is 3. The molecule has 0 N–H and O–H groups in total. The van der Waals surface area contributed by atoms with Gasteiger partial charge in [-0.15, -0.1) is 0 Å². The number of carbonyl (C=O) groups is 1. The van der Waals surface area contributed by atoms with E-state index in [4.69, 9.17) is 4.74 Å². The van der Waals surface area contributed by atoms with Crippen LogP contribution in [-0.2, 0) is 19.9 Å². The Balaban J connectivity index is 2.64. The largest absolute Gasteiger partial charge is 0.496 e. The number of ether oxygens (including phenoxy) is 1. The zero-order valence-corrected chi connectivity index (χ0v) is 12.4. The summed E-state index contributed by atoms with van der Waals surface area (Å²) in [5.41, 5.74) is 4.98. The first-order chi connectivity index (χ1) is 9.65. The predicted molar refractivity (Wildman–Crippen MR) is 79.3 cm³/mol. The highest BCUT2D eigenvalue weighted by atomic mass is 16.5. The lowest BCUT2D eigenvalue weighted by Gasteiger charge is -2.09. The van der Waals surface area contributed by atoms with Crippen LogP contribution in [-0.4, -0.2) is 23.2 Å². The van der Waals surface area contributed by atoms with E-state index in [9.17, 15) is 4.79 Å². The van der Waals surface area contributed by atoms with Crippen LogP contribution in [0.4, 0.5) is 0 Å². The minimum atomic E-state index is 0.568. The van der Waals surface area contributed by atoms with Crippen LogP contribution >= 0.6 is 0 Å². The molecule has 0 saturated heterocycles. The van der Waals surface area contributed by atoms with Gasteiger partial charge in [0.15, 0.2) is 6.29 Å². The summed E-state index contributed by atoms with van der Waals surface area (Å²) in [4.78, 5) is 11.2. The van der Waals surface area contributed by atoms with Gasteiger partial charge >= 0.3 is 0 Å². The molecule has 0 bridgehead atoms. The van der Waals surface area contributed by atoms with Gasteiger partial charge in [-0.3, -0.25) is 9.48 Å². The van der Waals surface area contributed by atoms with Crippen LogP contribution in [0.25, 0.3) is 11.1 Å². The monoisotopic (exact) mass is 272 g/mol. The fourth-order valence-corrected chi connectivity index (χ4v) is 2.59. The normalized spacial score (nSPS) is 10.6. The minimum Gasteiger partial charge on any atom is -0.496 e. The van der Waals surface area contributed by atoms with Crippen molar-refractivity contribution in [1.82, 2.24) is 9.78 Å². The maximum absolute atomic E-state index is 11.2. The summed E-state index contributed by atoms with van der Waals surface area (Å²) in [5, 5.41) is 4.57. The topological polar surface area (TPSA) is 44.1 Å². The maximum Gasteiger partial charge on any atom is 0.153 e. The molecule has 0 saturated carbocycles.